The first-order valence-electron chi connectivity index (χ1n) is 10.1. The van der Waals surface area contributed by atoms with Crippen molar-refractivity contribution in [2.45, 2.75) is 6.54 Å². The lowest BCUT2D eigenvalue weighted by Gasteiger charge is -2.10. The third-order valence-corrected chi connectivity index (χ3v) is 5.08. The second-order valence-electron chi connectivity index (χ2n) is 7.34. The predicted molar refractivity (Wildman–Crippen MR) is 128 cm³/mol. The highest BCUT2D eigenvalue weighted by atomic mass is 16.2. The number of carbonyl (C=O) groups is 2. The van der Waals surface area contributed by atoms with Crippen molar-refractivity contribution >= 4 is 39.7 Å². The normalized spacial score (nSPS) is 10.5. The number of carbonyl (C=O) groups excluding carboxylic acids is 2. The lowest BCUT2D eigenvalue weighted by molar-refractivity contribution is -0.115. The minimum atomic E-state index is -0.254. The van der Waals surface area contributed by atoms with Crippen LogP contribution in [0.5, 0.6) is 0 Å². The highest BCUT2D eigenvalue weighted by Crippen LogP contribution is 2.20. The standard InChI is InChI=1S/C26H22N4O2/c1-17(21-11-10-19-4-2-3-5-22(19)14-21)25(31)29-16-18-6-8-20(9-7-18)26(32)30-23-12-13-28-24(27)15-23/h2-15H,1,16H2,(H,29,31)(H3,27,28,30,32). The van der Waals surface area contributed by atoms with Gasteiger partial charge >= 0.3 is 0 Å². The van der Waals surface area contributed by atoms with Gasteiger partial charge in [-0.1, -0.05) is 55.1 Å². The Morgan fingerprint density at radius 1 is 0.875 bits per heavy atom. The average Bonchev–Trinajstić information content (AvgIpc) is 2.82. The number of nitrogens with one attached hydrogen (secondary N) is 2. The number of amides is 2. The van der Waals surface area contributed by atoms with Gasteiger partial charge in [0.2, 0.25) is 0 Å². The maximum Gasteiger partial charge on any atom is 0.255 e. The summed E-state index contributed by atoms with van der Waals surface area (Å²) in [6.07, 6.45) is 1.53. The summed E-state index contributed by atoms with van der Waals surface area (Å²) in [5.41, 5.74) is 8.76. The molecule has 0 unspecified atom stereocenters. The van der Waals surface area contributed by atoms with Crippen LogP contribution in [0.15, 0.2) is 91.6 Å². The van der Waals surface area contributed by atoms with Crippen molar-refractivity contribution in [1.82, 2.24) is 10.3 Å². The van der Waals surface area contributed by atoms with Gasteiger partial charge in [0.25, 0.3) is 11.8 Å². The minimum Gasteiger partial charge on any atom is -0.384 e. The maximum absolute atomic E-state index is 12.6. The summed E-state index contributed by atoms with van der Waals surface area (Å²) < 4.78 is 0. The molecule has 0 aliphatic heterocycles. The van der Waals surface area contributed by atoms with E-state index >= 15 is 0 Å². The number of nitrogens with two attached hydrogens (primary N) is 1. The van der Waals surface area contributed by atoms with E-state index in [9.17, 15) is 9.59 Å². The third-order valence-electron chi connectivity index (χ3n) is 5.08. The molecule has 0 bridgehead atoms. The number of aromatic nitrogens is 1. The largest absolute Gasteiger partial charge is 0.384 e. The summed E-state index contributed by atoms with van der Waals surface area (Å²) >= 11 is 0. The molecule has 4 rings (SSSR count). The fraction of sp³-hybridized carbons (Fsp3) is 0.0385. The van der Waals surface area contributed by atoms with Crippen molar-refractivity contribution in [3.63, 3.8) is 0 Å². The smallest absolute Gasteiger partial charge is 0.255 e. The Labute approximate surface area is 185 Å². The Kier molecular flexibility index (Phi) is 5.94. The lowest BCUT2D eigenvalue weighted by atomic mass is 10.0. The Hall–Kier alpha value is -4.45. The summed E-state index contributed by atoms with van der Waals surface area (Å²) in [5, 5.41) is 7.82. The number of nitrogens with zero attached hydrogens (tertiary/aromatic N) is 1. The van der Waals surface area contributed by atoms with Gasteiger partial charge in [-0.25, -0.2) is 4.98 Å². The van der Waals surface area contributed by atoms with Gasteiger partial charge in [-0.05, 0) is 46.2 Å². The summed E-state index contributed by atoms with van der Waals surface area (Å²) in [5.74, 6) is -0.160. The van der Waals surface area contributed by atoms with Crippen LogP contribution in [0, 0.1) is 0 Å². The molecule has 4 aromatic rings. The Bertz CT molecular complexity index is 1310. The van der Waals surface area contributed by atoms with Gasteiger partial charge in [0.05, 0.1) is 0 Å². The molecule has 32 heavy (non-hydrogen) atoms. The van der Waals surface area contributed by atoms with Crippen molar-refractivity contribution in [3.05, 3.63) is 108 Å². The van der Waals surface area contributed by atoms with Gasteiger partial charge in [0, 0.05) is 35.6 Å². The molecule has 1 aromatic heterocycles. The molecule has 0 saturated heterocycles. The number of anilines is 2. The molecular weight excluding hydrogens is 400 g/mol. The first-order chi connectivity index (χ1) is 15.5. The van der Waals surface area contributed by atoms with Gasteiger partial charge < -0.3 is 16.4 Å². The van der Waals surface area contributed by atoms with Crippen LogP contribution >= 0.6 is 0 Å². The number of benzene rings is 3. The van der Waals surface area contributed by atoms with E-state index in [0.29, 0.717) is 29.2 Å². The van der Waals surface area contributed by atoms with E-state index in [1.807, 2.05) is 42.5 Å². The molecule has 0 aliphatic rings. The van der Waals surface area contributed by atoms with Crippen LogP contribution in [-0.4, -0.2) is 16.8 Å². The molecule has 4 N–H and O–H groups in total. The summed E-state index contributed by atoms with van der Waals surface area (Å²) in [4.78, 5) is 28.9. The van der Waals surface area contributed by atoms with Crippen molar-refractivity contribution in [1.29, 1.82) is 0 Å². The SMILES string of the molecule is C=C(C(=O)NCc1ccc(C(=O)Nc2ccnc(N)c2)cc1)c1ccc2ccccc2c1. The van der Waals surface area contributed by atoms with Crippen molar-refractivity contribution < 1.29 is 9.59 Å². The molecule has 2 amide bonds. The quantitative estimate of drug-likeness (QED) is 0.401. The fourth-order valence-electron chi connectivity index (χ4n) is 3.30. The second kappa shape index (κ2) is 9.14. The van der Waals surface area contributed by atoms with Crippen LogP contribution in [0.2, 0.25) is 0 Å². The molecule has 0 fully saturated rings. The number of rotatable bonds is 6. The molecule has 0 saturated carbocycles. The topological polar surface area (TPSA) is 97.1 Å². The highest BCUT2D eigenvalue weighted by molar-refractivity contribution is 6.19. The molecule has 0 spiro atoms. The Balaban J connectivity index is 1.35. The van der Waals surface area contributed by atoms with E-state index in [1.165, 1.54) is 6.20 Å². The van der Waals surface area contributed by atoms with Gasteiger partial charge in [0.15, 0.2) is 0 Å². The van der Waals surface area contributed by atoms with E-state index in [2.05, 4.69) is 22.2 Å². The van der Waals surface area contributed by atoms with Gasteiger partial charge in [-0.15, -0.1) is 0 Å². The van der Waals surface area contributed by atoms with E-state index in [0.717, 1.165) is 21.9 Å². The first-order valence-corrected chi connectivity index (χ1v) is 10.1. The van der Waals surface area contributed by atoms with Gasteiger partial charge in [-0.2, -0.15) is 0 Å². The first kappa shape index (κ1) is 20.8. The van der Waals surface area contributed by atoms with Crippen molar-refractivity contribution in [3.8, 4) is 0 Å². The lowest BCUT2D eigenvalue weighted by Crippen LogP contribution is -2.23. The molecule has 3 aromatic carbocycles. The maximum atomic E-state index is 12.6. The number of hydrogen-bond donors (Lipinski definition) is 3. The van der Waals surface area contributed by atoms with Crippen LogP contribution in [0.25, 0.3) is 16.3 Å². The molecule has 6 nitrogen and oxygen atoms in total. The van der Waals surface area contributed by atoms with Crippen molar-refractivity contribution in [2.24, 2.45) is 0 Å². The minimum absolute atomic E-state index is 0.239. The zero-order chi connectivity index (χ0) is 22.5. The van der Waals surface area contributed by atoms with E-state index in [-0.39, 0.29) is 11.8 Å². The van der Waals surface area contributed by atoms with Crippen molar-refractivity contribution in [2.75, 3.05) is 11.1 Å². The Morgan fingerprint density at radius 3 is 2.34 bits per heavy atom. The van der Waals surface area contributed by atoms with Crippen LogP contribution in [0.3, 0.4) is 0 Å². The van der Waals surface area contributed by atoms with E-state index in [4.69, 9.17) is 5.73 Å². The molecule has 6 heteroatoms. The van der Waals surface area contributed by atoms with Gasteiger partial charge in [0.1, 0.15) is 5.82 Å². The van der Waals surface area contributed by atoms with Crippen LogP contribution in [0.1, 0.15) is 21.5 Å². The number of nitrogen functional groups attached to an aromatic ring is 1. The molecular formula is C26H22N4O2. The van der Waals surface area contributed by atoms with Gasteiger partial charge in [-0.3, -0.25) is 9.59 Å². The second-order valence-corrected chi connectivity index (χ2v) is 7.34. The fourth-order valence-corrected chi connectivity index (χ4v) is 3.30. The average molecular weight is 422 g/mol. The van der Waals surface area contributed by atoms with E-state index in [1.54, 1.807) is 36.4 Å². The van der Waals surface area contributed by atoms with Crippen LogP contribution in [0.4, 0.5) is 11.5 Å². The molecule has 0 atom stereocenters. The highest BCUT2D eigenvalue weighted by Gasteiger charge is 2.11. The zero-order valence-electron chi connectivity index (χ0n) is 17.3. The number of fused-ring (bicyclic) bond motifs is 1. The monoisotopic (exact) mass is 422 g/mol. The summed E-state index contributed by atoms with van der Waals surface area (Å²) in [7, 11) is 0. The van der Waals surface area contributed by atoms with Crippen LogP contribution < -0.4 is 16.4 Å². The molecule has 0 aliphatic carbocycles. The van der Waals surface area contributed by atoms with E-state index < -0.39 is 0 Å². The summed E-state index contributed by atoms with van der Waals surface area (Å²) in [6, 6.07) is 24.1. The molecule has 1 heterocycles. The molecule has 158 valence electrons. The number of pyridine rings is 1. The third kappa shape index (κ3) is 4.82. The summed E-state index contributed by atoms with van der Waals surface area (Å²) in [6.45, 7) is 4.28. The molecule has 0 radical (unpaired) electrons. The van der Waals surface area contributed by atoms with Crippen LogP contribution in [-0.2, 0) is 11.3 Å². The number of hydrogen-bond acceptors (Lipinski definition) is 4. The predicted octanol–water partition coefficient (Wildman–Crippen LogP) is 4.40. The Morgan fingerprint density at radius 2 is 1.59 bits per heavy atom. The zero-order valence-corrected chi connectivity index (χ0v) is 17.3.